The number of nitrogens with one attached hydrogen (secondary N) is 1. The second-order valence-electron chi connectivity index (χ2n) is 6.60. The first-order valence-corrected chi connectivity index (χ1v) is 9.59. The van der Waals surface area contributed by atoms with E-state index in [2.05, 4.69) is 34.4 Å². The second kappa shape index (κ2) is 7.79. The Balaban J connectivity index is 1.48. The Labute approximate surface area is 147 Å². The van der Waals surface area contributed by atoms with Gasteiger partial charge in [-0.2, -0.15) is 0 Å². The SMILES string of the molecule is CC(C)c1ccc(C(=O)NCCc2csc(N3CCCC3)n2)cc1. The zero-order valence-corrected chi connectivity index (χ0v) is 15.2. The summed E-state index contributed by atoms with van der Waals surface area (Å²) < 4.78 is 0. The van der Waals surface area contributed by atoms with Crippen LogP contribution < -0.4 is 10.2 Å². The monoisotopic (exact) mass is 343 g/mol. The molecule has 1 aromatic carbocycles. The molecule has 0 spiro atoms. The van der Waals surface area contributed by atoms with Gasteiger partial charge in [0, 0.05) is 37.0 Å². The molecule has 0 radical (unpaired) electrons. The van der Waals surface area contributed by atoms with E-state index in [0.717, 1.165) is 35.9 Å². The number of carbonyl (C=O) groups is 1. The average molecular weight is 343 g/mol. The van der Waals surface area contributed by atoms with Gasteiger partial charge < -0.3 is 10.2 Å². The fourth-order valence-electron chi connectivity index (χ4n) is 2.89. The number of carbonyl (C=O) groups excluding carboxylic acids is 1. The van der Waals surface area contributed by atoms with E-state index in [-0.39, 0.29) is 5.91 Å². The third-order valence-corrected chi connectivity index (χ3v) is 5.37. The Hall–Kier alpha value is -1.88. The summed E-state index contributed by atoms with van der Waals surface area (Å²) in [7, 11) is 0. The highest BCUT2D eigenvalue weighted by Crippen LogP contribution is 2.24. The first kappa shape index (κ1) is 17.0. The molecule has 4 nitrogen and oxygen atoms in total. The molecule has 1 N–H and O–H groups in total. The molecule has 0 atom stereocenters. The Morgan fingerprint density at radius 3 is 2.62 bits per heavy atom. The maximum atomic E-state index is 12.2. The van der Waals surface area contributed by atoms with Crippen LogP contribution in [0.15, 0.2) is 29.6 Å². The van der Waals surface area contributed by atoms with E-state index in [1.54, 1.807) is 11.3 Å². The zero-order chi connectivity index (χ0) is 16.9. The highest BCUT2D eigenvalue weighted by atomic mass is 32.1. The number of anilines is 1. The average Bonchev–Trinajstić information content (AvgIpc) is 3.26. The maximum Gasteiger partial charge on any atom is 0.251 e. The molecule has 3 rings (SSSR count). The van der Waals surface area contributed by atoms with Gasteiger partial charge in [0.25, 0.3) is 5.91 Å². The predicted molar refractivity (Wildman–Crippen MR) is 100 cm³/mol. The zero-order valence-electron chi connectivity index (χ0n) is 14.4. The fourth-order valence-corrected chi connectivity index (χ4v) is 3.80. The van der Waals surface area contributed by atoms with E-state index in [4.69, 9.17) is 0 Å². The van der Waals surface area contributed by atoms with Crippen molar-refractivity contribution in [3.8, 4) is 0 Å². The first-order valence-electron chi connectivity index (χ1n) is 8.71. The Morgan fingerprint density at radius 2 is 1.96 bits per heavy atom. The molecular weight excluding hydrogens is 318 g/mol. The molecule has 1 fully saturated rings. The van der Waals surface area contributed by atoms with E-state index in [1.165, 1.54) is 18.4 Å². The van der Waals surface area contributed by atoms with Crippen molar-refractivity contribution >= 4 is 22.4 Å². The van der Waals surface area contributed by atoms with Gasteiger partial charge in [-0.15, -0.1) is 11.3 Å². The summed E-state index contributed by atoms with van der Waals surface area (Å²) in [5.74, 6) is 0.469. The van der Waals surface area contributed by atoms with Gasteiger partial charge in [-0.1, -0.05) is 26.0 Å². The molecule has 2 heterocycles. The molecule has 5 heteroatoms. The Morgan fingerprint density at radius 1 is 1.25 bits per heavy atom. The van der Waals surface area contributed by atoms with Crippen molar-refractivity contribution < 1.29 is 4.79 Å². The normalized spacial score (nSPS) is 14.4. The summed E-state index contributed by atoms with van der Waals surface area (Å²) >= 11 is 1.71. The maximum absolute atomic E-state index is 12.2. The lowest BCUT2D eigenvalue weighted by molar-refractivity contribution is 0.0954. The van der Waals surface area contributed by atoms with Gasteiger partial charge in [0.1, 0.15) is 0 Å². The standard InChI is InChI=1S/C19H25N3OS/c1-14(2)15-5-7-16(8-6-15)18(23)20-10-9-17-13-24-19(21-17)22-11-3-4-12-22/h5-8,13-14H,3-4,9-12H2,1-2H3,(H,20,23). The number of hydrogen-bond acceptors (Lipinski definition) is 4. The van der Waals surface area contributed by atoms with Crippen molar-refractivity contribution in [1.29, 1.82) is 0 Å². The predicted octanol–water partition coefficient (Wildman–Crippen LogP) is 3.84. The number of aromatic nitrogens is 1. The highest BCUT2D eigenvalue weighted by molar-refractivity contribution is 7.13. The van der Waals surface area contributed by atoms with Crippen LogP contribution in [0.2, 0.25) is 0 Å². The lowest BCUT2D eigenvalue weighted by atomic mass is 10.0. The molecule has 1 aromatic heterocycles. The number of nitrogens with zero attached hydrogens (tertiary/aromatic N) is 2. The minimum absolute atomic E-state index is 0.0136. The molecule has 0 unspecified atom stereocenters. The van der Waals surface area contributed by atoms with Crippen LogP contribution in [0, 0.1) is 0 Å². The van der Waals surface area contributed by atoms with Crippen molar-refractivity contribution in [2.24, 2.45) is 0 Å². The second-order valence-corrected chi connectivity index (χ2v) is 7.43. The first-order chi connectivity index (χ1) is 11.6. The van der Waals surface area contributed by atoms with Crippen LogP contribution >= 0.6 is 11.3 Å². The van der Waals surface area contributed by atoms with Gasteiger partial charge in [-0.05, 0) is 36.5 Å². The van der Waals surface area contributed by atoms with Crippen LogP contribution in [0.4, 0.5) is 5.13 Å². The molecular formula is C19H25N3OS. The molecule has 1 saturated heterocycles. The Bertz CT molecular complexity index is 672. The fraction of sp³-hybridized carbons (Fsp3) is 0.474. The lowest BCUT2D eigenvalue weighted by Gasteiger charge is -2.12. The van der Waals surface area contributed by atoms with E-state index < -0.39 is 0 Å². The lowest BCUT2D eigenvalue weighted by Crippen LogP contribution is -2.25. The largest absolute Gasteiger partial charge is 0.352 e. The minimum atomic E-state index is -0.0136. The van der Waals surface area contributed by atoms with E-state index in [9.17, 15) is 4.79 Å². The number of benzene rings is 1. The molecule has 1 amide bonds. The van der Waals surface area contributed by atoms with Gasteiger partial charge in [-0.25, -0.2) is 4.98 Å². The third kappa shape index (κ3) is 4.15. The topological polar surface area (TPSA) is 45.2 Å². The van der Waals surface area contributed by atoms with Crippen molar-refractivity contribution in [3.05, 3.63) is 46.5 Å². The molecule has 1 aliphatic rings. The van der Waals surface area contributed by atoms with Gasteiger partial charge >= 0.3 is 0 Å². The summed E-state index contributed by atoms with van der Waals surface area (Å²) in [6, 6.07) is 7.86. The van der Waals surface area contributed by atoms with Crippen LogP contribution in [0.1, 0.15) is 54.2 Å². The quantitative estimate of drug-likeness (QED) is 0.867. The van der Waals surface area contributed by atoms with Gasteiger partial charge in [0.15, 0.2) is 5.13 Å². The van der Waals surface area contributed by atoms with Crippen molar-refractivity contribution in [3.63, 3.8) is 0 Å². The van der Waals surface area contributed by atoms with Gasteiger partial charge in [0.2, 0.25) is 0 Å². The summed E-state index contributed by atoms with van der Waals surface area (Å²) in [4.78, 5) is 19.2. The van der Waals surface area contributed by atoms with Gasteiger partial charge in [-0.3, -0.25) is 4.79 Å². The number of thiazole rings is 1. The summed E-state index contributed by atoms with van der Waals surface area (Å²) in [6.07, 6.45) is 3.31. The summed E-state index contributed by atoms with van der Waals surface area (Å²) in [5.41, 5.74) is 3.04. The van der Waals surface area contributed by atoms with Gasteiger partial charge in [0.05, 0.1) is 5.69 Å². The molecule has 24 heavy (non-hydrogen) atoms. The third-order valence-electron chi connectivity index (χ3n) is 4.42. The molecule has 1 aliphatic heterocycles. The minimum Gasteiger partial charge on any atom is -0.352 e. The van der Waals surface area contributed by atoms with Crippen molar-refractivity contribution in [2.45, 2.75) is 39.0 Å². The van der Waals surface area contributed by atoms with E-state index >= 15 is 0 Å². The van der Waals surface area contributed by atoms with Crippen LogP contribution in [0.3, 0.4) is 0 Å². The Kier molecular flexibility index (Phi) is 5.51. The molecule has 0 saturated carbocycles. The highest BCUT2D eigenvalue weighted by Gasteiger charge is 2.15. The van der Waals surface area contributed by atoms with Crippen LogP contribution in [0.25, 0.3) is 0 Å². The van der Waals surface area contributed by atoms with Crippen LogP contribution in [-0.4, -0.2) is 30.5 Å². The van der Waals surface area contributed by atoms with Crippen LogP contribution in [-0.2, 0) is 6.42 Å². The molecule has 128 valence electrons. The smallest absolute Gasteiger partial charge is 0.251 e. The molecule has 2 aromatic rings. The van der Waals surface area contributed by atoms with E-state index in [1.807, 2.05) is 24.3 Å². The molecule has 0 bridgehead atoms. The molecule has 0 aliphatic carbocycles. The van der Waals surface area contributed by atoms with Crippen molar-refractivity contribution in [2.75, 3.05) is 24.5 Å². The number of hydrogen-bond donors (Lipinski definition) is 1. The summed E-state index contributed by atoms with van der Waals surface area (Å²) in [5, 5.41) is 6.22. The number of amides is 1. The van der Waals surface area contributed by atoms with E-state index in [0.29, 0.717) is 12.5 Å². The van der Waals surface area contributed by atoms with Crippen LogP contribution in [0.5, 0.6) is 0 Å². The number of rotatable bonds is 6. The van der Waals surface area contributed by atoms with Crippen molar-refractivity contribution in [1.82, 2.24) is 10.3 Å². The summed E-state index contributed by atoms with van der Waals surface area (Å²) in [6.45, 7) is 7.17.